The van der Waals surface area contributed by atoms with Crippen LogP contribution in [0.1, 0.15) is 66.6 Å². The number of fused-ring (bicyclic) bond motifs is 1. The second-order valence-electron chi connectivity index (χ2n) is 13.3. The van der Waals surface area contributed by atoms with Crippen LogP contribution in [-0.4, -0.2) is 73.6 Å². The van der Waals surface area contributed by atoms with E-state index >= 15 is 0 Å². The highest BCUT2D eigenvalue weighted by molar-refractivity contribution is 9.10. The lowest BCUT2D eigenvalue weighted by atomic mass is 9.93. The summed E-state index contributed by atoms with van der Waals surface area (Å²) < 4.78 is 7.49. The molecule has 3 fully saturated rings. The molecule has 0 unspecified atom stereocenters. The van der Waals surface area contributed by atoms with Crippen molar-refractivity contribution in [3.05, 3.63) is 69.5 Å². The van der Waals surface area contributed by atoms with E-state index in [9.17, 15) is 14.4 Å². The molecular weight excluding hydrogens is 664 g/mol. The number of carbonyl (C=O) groups excluding carboxylic acids is 3. The summed E-state index contributed by atoms with van der Waals surface area (Å²) in [5.41, 5.74) is -0.0642. The maximum absolute atomic E-state index is 14.0. The number of ether oxygens (including phenoxy) is 1. The molecule has 2 aromatic carbocycles. The summed E-state index contributed by atoms with van der Waals surface area (Å²) in [7, 11) is 0. The fraction of sp³-hybridized carbons (Fsp3) is 0.528. The maximum atomic E-state index is 14.0. The number of hydrogen-bond acceptors (Lipinski definition) is 6. The van der Waals surface area contributed by atoms with E-state index < -0.39 is 11.6 Å². The molecule has 3 N–H and O–H groups in total. The van der Waals surface area contributed by atoms with E-state index in [4.69, 9.17) is 4.74 Å². The first kappa shape index (κ1) is 33.1. The molecular formula is C36H45BrN4O4S. The summed E-state index contributed by atoms with van der Waals surface area (Å²) in [5, 5.41) is 10.4. The molecule has 2 saturated heterocycles. The van der Waals surface area contributed by atoms with Crippen molar-refractivity contribution < 1.29 is 19.1 Å². The van der Waals surface area contributed by atoms with E-state index in [1.807, 2.05) is 54.6 Å². The van der Waals surface area contributed by atoms with E-state index in [-0.39, 0.29) is 17.7 Å². The normalized spacial score (nSPS) is 19.9. The zero-order valence-electron chi connectivity index (χ0n) is 26.4. The van der Waals surface area contributed by atoms with Gasteiger partial charge in [0.1, 0.15) is 11.6 Å². The lowest BCUT2D eigenvalue weighted by Crippen LogP contribution is -2.61. The number of nitrogens with zero attached hydrogens (tertiary/aromatic N) is 1. The van der Waals surface area contributed by atoms with Gasteiger partial charge in [-0.3, -0.25) is 14.4 Å². The number of likely N-dealkylation sites (tertiary alicyclic amines) is 1. The number of hydrogen-bond donors (Lipinski definition) is 3. The third-order valence-electron chi connectivity index (χ3n) is 9.98. The van der Waals surface area contributed by atoms with Crippen LogP contribution in [0.3, 0.4) is 0 Å². The second kappa shape index (κ2) is 15.4. The van der Waals surface area contributed by atoms with Crippen molar-refractivity contribution in [3.8, 4) is 0 Å². The minimum absolute atomic E-state index is 0.170. The molecule has 246 valence electrons. The number of benzene rings is 2. The molecule has 0 radical (unpaired) electrons. The Morgan fingerprint density at radius 3 is 2.43 bits per heavy atom. The summed E-state index contributed by atoms with van der Waals surface area (Å²) in [4.78, 5) is 44.4. The molecule has 1 saturated carbocycles. The lowest BCUT2D eigenvalue weighted by Gasteiger charge is -2.35. The Balaban J connectivity index is 1.08. The summed E-state index contributed by atoms with van der Waals surface area (Å²) in [5.74, 6) is 0.454. The van der Waals surface area contributed by atoms with E-state index in [0.29, 0.717) is 36.6 Å². The zero-order valence-corrected chi connectivity index (χ0v) is 28.8. The number of halogens is 1. The largest absolute Gasteiger partial charge is 0.381 e. The van der Waals surface area contributed by atoms with Crippen molar-refractivity contribution in [2.75, 3.05) is 39.4 Å². The fourth-order valence-electron chi connectivity index (χ4n) is 7.17. The molecule has 0 spiro atoms. The number of thiophene rings is 1. The molecule has 3 heterocycles. The Bertz CT molecular complexity index is 1490. The predicted molar refractivity (Wildman–Crippen MR) is 186 cm³/mol. The summed E-state index contributed by atoms with van der Waals surface area (Å²) in [6.45, 7) is 5.63. The molecule has 3 aliphatic rings. The third-order valence-corrected chi connectivity index (χ3v) is 11.6. The Morgan fingerprint density at radius 1 is 0.957 bits per heavy atom. The van der Waals surface area contributed by atoms with Crippen molar-refractivity contribution >= 4 is 55.1 Å². The van der Waals surface area contributed by atoms with Gasteiger partial charge >= 0.3 is 0 Å². The van der Waals surface area contributed by atoms with Crippen molar-refractivity contribution in [1.82, 2.24) is 20.9 Å². The first-order valence-electron chi connectivity index (χ1n) is 16.8. The van der Waals surface area contributed by atoms with Crippen LogP contribution in [0.4, 0.5) is 0 Å². The molecule has 6 rings (SSSR count). The maximum Gasteiger partial charge on any atom is 0.262 e. The number of piperidine rings is 1. The van der Waals surface area contributed by atoms with Crippen LogP contribution >= 0.6 is 27.3 Å². The number of nitrogens with one attached hydrogen (secondary N) is 3. The van der Waals surface area contributed by atoms with Crippen molar-refractivity contribution in [3.63, 3.8) is 0 Å². The van der Waals surface area contributed by atoms with E-state index in [1.165, 1.54) is 11.3 Å². The lowest BCUT2D eigenvalue weighted by molar-refractivity contribution is -0.132. The quantitative estimate of drug-likeness (QED) is 0.238. The van der Waals surface area contributed by atoms with Gasteiger partial charge < -0.3 is 25.6 Å². The Labute approximate surface area is 284 Å². The van der Waals surface area contributed by atoms with Crippen LogP contribution in [-0.2, 0) is 20.7 Å². The number of carbonyl (C=O) groups is 3. The standard InChI is InChI=1S/C36H45BrN4O4S/c37-29-9-8-28-21-32(46-31(28)22-29)34(43)40-36(14-4-5-15-36)35(44)39-30(20-25-6-2-1-3-7-25)33(42)38-23-26-10-16-41(17-11-26)24-27-12-18-45-19-13-27/h1-3,6-9,21-22,26-27,30H,4-5,10-20,23-24H2,(H,38,42)(H,39,44)(H,40,43)/t30-/m1/s1. The molecule has 10 heteroatoms. The minimum Gasteiger partial charge on any atom is -0.381 e. The van der Waals surface area contributed by atoms with Crippen molar-refractivity contribution in [1.29, 1.82) is 0 Å². The monoisotopic (exact) mass is 708 g/mol. The summed E-state index contributed by atoms with van der Waals surface area (Å²) in [6, 6.07) is 16.9. The molecule has 1 aromatic heterocycles. The molecule has 8 nitrogen and oxygen atoms in total. The van der Waals surface area contributed by atoms with Gasteiger partial charge in [0.05, 0.1) is 4.88 Å². The first-order chi connectivity index (χ1) is 22.4. The average molecular weight is 710 g/mol. The van der Waals surface area contributed by atoms with E-state index in [1.54, 1.807) is 0 Å². The van der Waals surface area contributed by atoms with Gasteiger partial charge in [-0.15, -0.1) is 11.3 Å². The molecule has 46 heavy (non-hydrogen) atoms. The summed E-state index contributed by atoms with van der Waals surface area (Å²) in [6.07, 6.45) is 7.59. The molecule has 0 bridgehead atoms. The molecule has 1 atom stereocenters. The van der Waals surface area contributed by atoms with Gasteiger partial charge in [0.25, 0.3) is 5.91 Å². The average Bonchev–Trinajstić information content (AvgIpc) is 3.73. The van der Waals surface area contributed by atoms with Crippen LogP contribution in [0, 0.1) is 11.8 Å². The molecule has 2 aliphatic heterocycles. The van der Waals surface area contributed by atoms with Crippen LogP contribution in [0.15, 0.2) is 59.1 Å². The highest BCUT2D eigenvalue weighted by Gasteiger charge is 2.44. The van der Waals surface area contributed by atoms with Crippen LogP contribution < -0.4 is 16.0 Å². The minimum atomic E-state index is -1.04. The van der Waals surface area contributed by atoms with Crippen LogP contribution in [0.2, 0.25) is 0 Å². The molecule has 1 aliphatic carbocycles. The van der Waals surface area contributed by atoms with Gasteiger partial charge in [0, 0.05) is 41.9 Å². The first-order valence-corrected chi connectivity index (χ1v) is 18.4. The fourth-order valence-corrected chi connectivity index (χ4v) is 8.68. The summed E-state index contributed by atoms with van der Waals surface area (Å²) >= 11 is 4.92. The Morgan fingerprint density at radius 2 is 1.70 bits per heavy atom. The SMILES string of the molecule is O=C(NC1(C(=O)N[C@H](Cc2ccccc2)C(=O)NCC2CCN(CC3CCOCC3)CC2)CCCC1)c1cc2ccc(Br)cc2s1. The highest BCUT2D eigenvalue weighted by Crippen LogP contribution is 2.33. The molecule has 3 aromatic rings. The van der Waals surface area contributed by atoms with Crippen LogP contribution in [0.5, 0.6) is 0 Å². The van der Waals surface area contributed by atoms with Gasteiger partial charge in [-0.1, -0.05) is 65.2 Å². The number of rotatable bonds is 11. The second-order valence-corrected chi connectivity index (χ2v) is 15.3. The van der Waals surface area contributed by atoms with Gasteiger partial charge in [0.15, 0.2) is 0 Å². The highest BCUT2D eigenvalue weighted by atomic mass is 79.9. The predicted octanol–water partition coefficient (Wildman–Crippen LogP) is 5.69. The van der Waals surface area contributed by atoms with E-state index in [2.05, 4.69) is 36.8 Å². The van der Waals surface area contributed by atoms with Crippen LogP contribution in [0.25, 0.3) is 10.1 Å². The smallest absolute Gasteiger partial charge is 0.262 e. The zero-order chi connectivity index (χ0) is 31.9. The van der Waals surface area contributed by atoms with Gasteiger partial charge in [-0.25, -0.2) is 0 Å². The van der Waals surface area contributed by atoms with Gasteiger partial charge in [-0.05, 0) is 92.6 Å². The third kappa shape index (κ3) is 8.37. The topological polar surface area (TPSA) is 99.8 Å². The van der Waals surface area contributed by atoms with Gasteiger partial charge in [-0.2, -0.15) is 0 Å². The van der Waals surface area contributed by atoms with Crippen molar-refractivity contribution in [2.45, 2.75) is 69.4 Å². The molecule has 3 amide bonds. The Kier molecular flexibility index (Phi) is 11.1. The van der Waals surface area contributed by atoms with Gasteiger partial charge in [0.2, 0.25) is 11.8 Å². The van der Waals surface area contributed by atoms with E-state index in [0.717, 1.165) is 97.4 Å². The Hall–Kier alpha value is -2.79. The van der Waals surface area contributed by atoms with Crippen molar-refractivity contribution in [2.24, 2.45) is 11.8 Å². The number of amides is 3.